The van der Waals surface area contributed by atoms with Crippen molar-refractivity contribution in [3.05, 3.63) is 28.0 Å². The van der Waals surface area contributed by atoms with Crippen LogP contribution in [0.5, 0.6) is 0 Å². The lowest BCUT2D eigenvalue weighted by Crippen LogP contribution is -2.49. The number of rotatable bonds is 3. The summed E-state index contributed by atoms with van der Waals surface area (Å²) in [5, 5.41) is 2.65. The van der Waals surface area contributed by atoms with Crippen LogP contribution in [-0.2, 0) is 10.0 Å². The maximum atomic E-state index is 13.8. The minimum absolute atomic E-state index is 0. The molecule has 1 unspecified atom stereocenters. The SMILES string of the molecule is Cl.O=S(=O)(c1ccc(Cl)c(F)c1Cl)N1CCC(N2CCNCC2)C1. The molecule has 5 nitrogen and oxygen atoms in total. The van der Waals surface area contributed by atoms with Gasteiger partial charge < -0.3 is 5.32 Å². The molecule has 2 heterocycles. The van der Waals surface area contributed by atoms with Crippen molar-refractivity contribution in [2.24, 2.45) is 0 Å². The number of sulfonamides is 1. The molecule has 1 aromatic rings. The molecule has 1 N–H and O–H groups in total. The van der Waals surface area contributed by atoms with Crippen LogP contribution in [0.15, 0.2) is 17.0 Å². The van der Waals surface area contributed by atoms with E-state index in [1.54, 1.807) is 0 Å². The molecule has 136 valence electrons. The summed E-state index contributed by atoms with van der Waals surface area (Å²) >= 11 is 11.5. The number of hydrogen-bond acceptors (Lipinski definition) is 4. The zero-order valence-corrected chi connectivity index (χ0v) is 16.0. The lowest BCUT2D eigenvalue weighted by Gasteiger charge is -2.32. The van der Waals surface area contributed by atoms with Crippen LogP contribution < -0.4 is 5.32 Å². The van der Waals surface area contributed by atoms with Gasteiger partial charge in [-0.25, -0.2) is 12.8 Å². The normalized spacial score (nSPS) is 23.2. The summed E-state index contributed by atoms with van der Waals surface area (Å²) in [6.45, 7) is 4.47. The standard InChI is InChI=1S/C14H18Cl2FN3O2S.ClH/c15-11-1-2-12(13(16)14(11)17)23(21,22)20-6-3-10(9-20)19-7-4-18-5-8-19;/h1-2,10,18H,3-9H2;1H. The molecule has 0 radical (unpaired) electrons. The Balaban J connectivity index is 0.00000208. The van der Waals surface area contributed by atoms with Crippen LogP contribution in [0.25, 0.3) is 0 Å². The van der Waals surface area contributed by atoms with E-state index in [1.807, 2.05) is 0 Å². The molecule has 0 amide bonds. The average molecular weight is 419 g/mol. The maximum absolute atomic E-state index is 13.8. The second-order valence-electron chi connectivity index (χ2n) is 5.77. The third kappa shape index (κ3) is 3.82. The minimum atomic E-state index is -3.82. The van der Waals surface area contributed by atoms with Crippen LogP contribution in [0, 0.1) is 5.82 Å². The highest BCUT2D eigenvalue weighted by Gasteiger charge is 2.37. The van der Waals surface area contributed by atoms with E-state index in [2.05, 4.69) is 10.2 Å². The summed E-state index contributed by atoms with van der Waals surface area (Å²) in [4.78, 5) is 2.08. The van der Waals surface area contributed by atoms with E-state index in [9.17, 15) is 12.8 Å². The van der Waals surface area contributed by atoms with Gasteiger partial charge in [0.1, 0.15) is 4.90 Å². The Morgan fingerprint density at radius 1 is 1.17 bits per heavy atom. The van der Waals surface area contributed by atoms with Gasteiger partial charge in [0.05, 0.1) is 10.0 Å². The summed E-state index contributed by atoms with van der Waals surface area (Å²) < 4.78 is 40.7. The van der Waals surface area contributed by atoms with Crippen molar-refractivity contribution in [3.8, 4) is 0 Å². The van der Waals surface area contributed by atoms with Crippen LogP contribution in [0.4, 0.5) is 4.39 Å². The highest BCUT2D eigenvalue weighted by Crippen LogP contribution is 2.33. The molecular weight excluding hydrogens is 400 g/mol. The fraction of sp³-hybridized carbons (Fsp3) is 0.571. The van der Waals surface area contributed by atoms with E-state index < -0.39 is 20.9 Å². The average Bonchev–Trinajstić information content (AvgIpc) is 3.04. The lowest BCUT2D eigenvalue weighted by atomic mass is 10.2. The Bertz CT molecular complexity index is 699. The number of halogens is 4. The third-order valence-electron chi connectivity index (χ3n) is 4.41. The Morgan fingerprint density at radius 3 is 2.50 bits per heavy atom. The van der Waals surface area contributed by atoms with E-state index in [0.29, 0.717) is 13.1 Å². The summed E-state index contributed by atoms with van der Waals surface area (Å²) in [5.41, 5.74) is 0. The second-order valence-corrected chi connectivity index (χ2v) is 8.46. The van der Waals surface area contributed by atoms with Gasteiger partial charge in [-0.15, -0.1) is 12.4 Å². The number of hydrogen-bond donors (Lipinski definition) is 1. The Morgan fingerprint density at radius 2 is 1.83 bits per heavy atom. The first-order valence-corrected chi connectivity index (χ1v) is 9.69. The first-order chi connectivity index (χ1) is 10.9. The van der Waals surface area contributed by atoms with Crippen LogP contribution in [0.2, 0.25) is 10.0 Å². The molecule has 2 aliphatic rings. The van der Waals surface area contributed by atoms with E-state index in [1.165, 1.54) is 16.4 Å². The predicted octanol–water partition coefficient (Wildman–Crippen LogP) is 2.22. The Labute approximate surface area is 157 Å². The summed E-state index contributed by atoms with van der Waals surface area (Å²) in [7, 11) is -3.82. The van der Waals surface area contributed by atoms with Crippen LogP contribution >= 0.6 is 35.6 Å². The quantitative estimate of drug-likeness (QED) is 0.765. The van der Waals surface area contributed by atoms with Crippen molar-refractivity contribution in [2.75, 3.05) is 39.3 Å². The molecule has 0 spiro atoms. The number of benzene rings is 1. The molecule has 0 bridgehead atoms. The zero-order chi connectivity index (χ0) is 16.6. The van der Waals surface area contributed by atoms with E-state index in [-0.39, 0.29) is 28.4 Å². The fourth-order valence-corrected chi connectivity index (χ4v) is 5.33. The molecule has 10 heteroatoms. The maximum Gasteiger partial charge on any atom is 0.244 e. The van der Waals surface area contributed by atoms with Gasteiger partial charge in [0, 0.05) is 45.3 Å². The summed E-state index contributed by atoms with van der Waals surface area (Å²) in [6.07, 6.45) is 0.771. The van der Waals surface area contributed by atoms with E-state index in [4.69, 9.17) is 23.2 Å². The van der Waals surface area contributed by atoms with Gasteiger partial charge in [-0.1, -0.05) is 23.2 Å². The van der Waals surface area contributed by atoms with Crippen molar-refractivity contribution >= 4 is 45.6 Å². The van der Waals surface area contributed by atoms with Crippen molar-refractivity contribution < 1.29 is 12.8 Å². The molecule has 0 saturated carbocycles. The smallest absolute Gasteiger partial charge is 0.244 e. The van der Waals surface area contributed by atoms with Crippen LogP contribution in [0.3, 0.4) is 0 Å². The number of piperazine rings is 1. The Hall–Kier alpha value is -0.150. The molecule has 1 atom stereocenters. The van der Waals surface area contributed by atoms with Gasteiger partial charge in [-0.3, -0.25) is 4.90 Å². The largest absolute Gasteiger partial charge is 0.314 e. The molecule has 2 aliphatic heterocycles. The molecule has 3 rings (SSSR count). The molecule has 1 aromatic carbocycles. The van der Waals surface area contributed by atoms with Crippen molar-refractivity contribution in [3.63, 3.8) is 0 Å². The van der Waals surface area contributed by atoms with Gasteiger partial charge >= 0.3 is 0 Å². The Kier molecular flexibility index (Phi) is 6.75. The molecule has 2 saturated heterocycles. The fourth-order valence-electron chi connectivity index (χ4n) is 3.12. The summed E-state index contributed by atoms with van der Waals surface area (Å²) in [5.74, 6) is -0.896. The molecule has 24 heavy (non-hydrogen) atoms. The van der Waals surface area contributed by atoms with Gasteiger partial charge in [-0.2, -0.15) is 4.31 Å². The van der Waals surface area contributed by atoms with Gasteiger partial charge in [0.25, 0.3) is 0 Å². The monoisotopic (exact) mass is 417 g/mol. The number of nitrogens with one attached hydrogen (secondary N) is 1. The van der Waals surface area contributed by atoms with Gasteiger partial charge in [0.2, 0.25) is 10.0 Å². The van der Waals surface area contributed by atoms with E-state index >= 15 is 0 Å². The van der Waals surface area contributed by atoms with Crippen LogP contribution in [-0.4, -0.2) is 62.9 Å². The molecule has 0 aromatic heterocycles. The number of nitrogens with zero attached hydrogens (tertiary/aromatic N) is 2. The molecule has 2 fully saturated rings. The molecular formula is C14H19Cl3FN3O2S. The van der Waals surface area contributed by atoms with Crippen LogP contribution in [0.1, 0.15) is 6.42 Å². The second kappa shape index (κ2) is 8.03. The predicted molar refractivity (Wildman–Crippen MR) is 95.3 cm³/mol. The van der Waals surface area contributed by atoms with Crippen molar-refractivity contribution in [1.29, 1.82) is 0 Å². The first kappa shape index (κ1) is 20.2. The minimum Gasteiger partial charge on any atom is -0.314 e. The van der Waals surface area contributed by atoms with Crippen molar-refractivity contribution in [2.45, 2.75) is 17.4 Å². The highest BCUT2D eigenvalue weighted by molar-refractivity contribution is 7.89. The summed E-state index contributed by atoms with van der Waals surface area (Å²) in [6, 6.07) is 2.68. The first-order valence-electron chi connectivity index (χ1n) is 7.49. The van der Waals surface area contributed by atoms with Gasteiger partial charge in [-0.05, 0) is 18.6 Å². The van der Waals surface area contributed by atoms with Gasteiger partial charge in [0.15, 0.2) is 5.82 Å². The zero-order valence-electron chi connectivity index (χ0n) is 12.8. The third-order valence-corrected chi connectivity index (χ3v) is 7.09. The lowest BCUT2D eigenvalue weighted by molar-refractivity contribution is 0.179. The van der Waals surface area contributed by atoms with E-state index in [0.717, 1.165) is 32.6 Å². The highest BCUT2D eigenvalue weighted by atomic mass is 35.5. The molecule has 0 aliphatic carbocycles. The topological polar surface area (TPSA) is 52.7 Å². The van der Waals surface area contributed by atoms with Crippen molar-refractivity contribution in [1.82, 2.24) is 14.5 Å².